The number of benzene rings is 2. The molecular formula is C24H33F3N6O10S2. The molecule has 45 heavy (non-hydrogen) atoms. The van der Waals surface area contributed by atoms with Gasteiger partial charge in [-0.25, -0.2) is 13.2 Å². The molecule has 2 atom stereocenters. The van der Waals surface area contributed by atoms with Crippen LogP contribution in [0.5, 0.6) is 5.75 Å². The maximum atomic E-state index is 13.3. The number of halogens is 3. The summed E-state index contributed by atoms with van der Waals surface area (Å²) in [6.07, 6.45) is -0.0133. The standard InChI is InChI=1S/C12H16FN3O5S.C6H3F2NO2.C6H14N2O3S/c1-14(2)22(19,20)15-4-3-11(8-15)21-12-6-9(13)5-10(7-12)16(17)18;7-4-1-5(8)3-6(2-4)9(10)11;1-7(2)12(10,11)8-4-3-6(9)5-8/h5-7,11H,3-4,8H2,1-2H3;1-3H;6,9H,3-5H2,1-2H3/t11-;;6-/m1.1/s1. The zero-order chi connectivity index (χ0) is 34.3. The number of hydrogen-bond donors (Lipinski definition) is 1. The molecule has 2 saturated heterocycles. The molecule has 0 amide bonds. The van der Waals surface area contributed by atoms with Crippen LogP contribution < -0.4 is 4.74 Å². The summed E-state index contributed by atoms with van der Waals surface area (Å²) >= 11 is 0. The summed E-state index contributed by atoms with van der Waals surface area (Å²) in [6.45, 7) is 1.04. The monoisotopic (exact) mass is 686 g/mol. The molecular weight excluding hydrogens is 653 g/mol. The van der Waals surface area contributed by atoms with E-state index in [4.69, 9.17) is 9.84 Å². The predicted molar refractivity (Wildman–Crippen MR) is 154 cm³/mol. The molecule has 2 aromatic carbocycles. The summed E-state index contributed by atoms with van der Waals surface area (Å²) < 4.78 is 94.9. The lowest BCUT2D eigenvalue weighted by atomic mass is 10.2. The van der Waals surface area contributed by atoms with Crippen molar-refractivity contribution in [2.75, 3.05) is 54.4 Å². The molecule has 0 radical (unpaired) electrons. The molecule has 2 fully saturated rings. The highest BCUT2D eigenvalue weighted by molar-refractivity contribution is 7.87. The Balaban J connectivity index is 0.000000259. The molecule has 1 N–H and O–H groups in total. The third-order valence-electron chi connectivity index (χ3n) is 6.24. The largest absolute Gasteiger partial charge is 0.489 e. The topological polar surface area (TPSA) is 197 Å². The van der Waals surface area contributed by atoms with Gasteiger partial charge in [-0.3, -0.25) is 20.2 Å². The quantitative estimate of drug-likeness (QED) is 0.315. The summed E-state index contributed by atoms with van der Waals surface area (Å²) in [6, 6.07) is 4.84. The molecule has 0 spiro atoms. The van der Waals surface area contributed by atoms with Gasteiger partial charge in [-0.05, 0) is 12.8 Å². The van der Waals surface area contributed by atoms with E-state index in [9.17, 15) is 50.2 Å². The highest BCUT2D eigenvalue weighted by Crippen LogP contribution is 2.26. The van der Waals surface area contributed by atoms with Crippen LogP contribution in [0.1, 0.15) is 12.8 Å². The van der Waals surface area contributed by atoms with Gasteiger partial charge in [0.2, 0.25) is 0 Å². The third-order valence-corrected chi connectivity index (χ3v) is 10.1. The second kappa shape index (κ2) is 15.7. The minimum absolute atomic E-state index is 0.0146. The zero-order valence-corrected chi connectivity index (χ0v) is 26.2. The van der Waals surface area contributed by atoms with E-state index in [2.05, 4.69) is 0 Å². The molecule has 2 aliphatic rings. The van der Waals surface area contributed by atoms with Gasteiger partial charge in [-0.1, -0.05) is 0 Å². The number of non-ortho nitro benzene ring substituents is 2. The van der Waals surface area contributed by atoms with E-state index in [1.807, 2.05) is 0 Å². The fourth-order valence-corrected chi connectivity index (χ4v) is 6.26. The molecule has 0 unspecified atom stereocenters. The van der Waals surface area contributed by atoms with Gasteiger partial charge in [0.05, 0.1) is 46.8 Å². The molecule has 0 aromatic heterocycles. The van der Waals surface area contributed by atoms with Crippen molar-refractivity contribution in [1.29, 1.82) is 0 Å². The normalized spacial score (nSPS) is 19.1. The molecule has 2 aliphatic heterocycles. The Morgan fingerprint density at radius 2 is 1.18 bits per heavy atom. The number of nitro groups is 2. The van der Waals surface area contributed by atoms with Crippen LogP contribution in [-0.2, 0) is 20.4 Å². The van der Waals surface area contributed by atoms with Crippen molar-refractivity contribution >= 4 is 31.8 Å². The van der Waals surface area contributed by atoms with Crippen molar-refractivity contribution in [3.05, 3.63) is 74.1 Å². The molecule has 2 heterocycles. The van der Waals surface area contributed by atoms with E-state index in [0.29, 0.717) is 37.6 Å². The average molecular weight is 687 g/mol. The first-order chi connectivity index (χ1) is 20.7. The highest BCUT2D eigenvalue weighted by atomic mass is 32.2. The Bertz CT molecular complexity index is 1560. The van der Waals surface area contributed by atoms with Gasteiger partial charge < -0.3 is 9.84 Å². The van der Waals surface area contributed by atoms with E-state index < -0.39 is 71.3 Å². The van der Waals surface area contributed by atoms with Crippen molar-refractivity contribution in [1.82, 2.24) is 17.2 Å². The molecule has 0 saturated carbocycles. The maximum absolute atomic E-state index is 13.3. The SMILES string of the molecule is CN(C)S(=O)(=O)N1CC[C@@H](O)C1.CN(C)S(=O)(=O)N1CC[C@@H](Oc2cc(F)cc([N+](=O)[O-])c2)C1.O=[N+]([O-])c1cc(F)cc(F)c1. The van der Waals surface area contributed by atoms with Crippen molar-refractivity contribution < 1.29 is 49.7 Å². The number of β-amino-alcohol motifs (C(OH)–C–C–N with tert-alkyl or cyclic N) is 1. The first-order valence-electron chi connectivity index (χ1n) is 13.0. The number of ether oxygens (including phenoxy) is 1. The fraction of sp³-hybridized carbons (Fsp3) is 0.500. The average Bonchev–Trinajstić information content (AvgIpc) is 3.58. The van der Waals surface area contributed by atoms with Gasteiger partial charge in [-0.15, -0.1) is 0 Å². The Morgan fingerprint density at radius 1 is 0.756 bits per heavy atom. The van der Waals surface area contributed by atoms with Crippen molar-refractivity contribution in [3.63, 3.8) is 0 Å². The van der Waals surface area contributed by atoms with Gasteiger partial charge in [0.1, 0.15) is 29.3 Å². The molecule has 0 bridgehead atoms. The van der Waals surface area contributed by atoms with Crippen molar-refractivity contribution in [3.8, 4) is 5.75 Å². The van der Waals surface area contributed by atoms with E-state index in [1.54, 1.807) is 0 Å². The minimum atomic E-state index is -3.53. The lowest BCUT2D eigenvalue weighted by Crippen LogP contribution is -2.39. The van der Waals surface area contributed by atoms with Gasteiger partial charge in [-0.2, -0.15) is 34.1 Å². The van der Waals surface area contributed by atoms with Gasteiger partial charge >= 0.3 is 0 Å². The van der Waals surface area contributed by atoms with Gasteiger partial charge in [0.15, 0.2) is 0 Å². The van der Waals surface area contributed by atoms with Crippen molar-refractivity contribution in [2.24, 2.45) is 0 Å². The molecule has 4 rings (SSSR count). The van der Waals surface area contributed by atoms with E-state index in [0.717, 1.165) is 26.8 Å². The number of aliphatic hydroxyl groups is 1. The lowest BCUT2D eigenvalue weighted by molar-refractivity contribution is -0.385. The minimum Gasteiger partial charge on any atom is -0.489 e. The number of nitro benzene ring substituents is 2. The van der Waals surface area contributed by atoms with Crippen LogP contribution in [0.25, 0.3) is 0 Å². The molecule has 21 heteroatoms. The maximum Gasteiger partial charge on any atom is 0.281 e. The summed E-state index contributed by atoms with van der Waals surface area (Å²) in [5.41, 5.74) is -0.992. The Labute approximate surface area is 257 Å². The summed E-state index contributed by atoms with van der Waals surface area (Å²) in [7, 11) is -0.998. The first-order valence-corrected chi connectivity index (χ1v) is 15.8. The van der Waals surface area contributed by atoms with Gasteiger partial charge in [0, 0.05) is 60.0 Å². The second-order valence-corrected chi connectivity index (χ2v) is 14.3. The summed E-state index contributed by atoms with van der Waals surface area (Å²) in [5.74, 6) is -2.66. The summed E-state index contributed by atoms with van der Waals surface area (Å²) in [5, 5.41) is 29.8. The Kier molecular flexibility index (Phi) is 13.2. The van der Waals surface area contributed by atoms with Crippen LogP contribution in [-0.4, -0.2) is 116 Å². The number of rotatable bonds is 8. The van der Waals surface area contributed by atoms with E-state index in [-0.39, 0.29) is 25.4 Å². The Morgan fingerprint density at radius 3 is 1.60 bits per heavy atom. The van der Waals surface area contributed by atoms with Crippen LogP contribution in [0, 0.1) is 37.7 Å². The van der Waals surface area contributed by atoms with Crippen LogP contribution in [0.4, 0.5) is 24.5 Å². The fourth-order valence-electron chi connectivity index (χ4n) is 3.94. The second-order valence-electron chi connectivity index (χ2n) is 10.1. The van der Waals surface area contributed by atoms with Crippen LogP contribution in [0.3, 0.4) is 0 Å². The Hall–Kier alpha value is -3.47. The lowest BCUT2D eigenvalue weighted by Gasteiger charge is -2.20. The third kappa shape index (κ3) is 10.8. The zero-order valence-electron chi connectivity index (χ0n) is 24.6. The molecule has 0 aliphatic carbocycles. The molecule has 252 valence electrons. The number of aliphatic hydroxyl groups excluding tert-OH is 1. The van der Waals surface area contributed by atoms with E-state index in [1.165, 1.54) is 36.8 Å². The molecule has 16 nitrogen and oxygen atoms in total. The van der Waals surface area contributed by atoms with Crippen molar-refractivity contribution in [2.45, 2.75) is 25.0 Å². The number of nitrogens with zero attached hydrogens (tertiary/aromatic N) is 6. The van der Waals surface area contributed by atoms with Crippen LogP contribution >= 0.6 is 0 Å². The van der Waals surface area contributed by atoms with E-state index >= 15 is 0 Å². The van der Waals surface area contributed by atoms with Crippen LogP contribution in [0.2, 0.25) is 0 Å². The van der Waals surface area contributed by atoms with Crippen LogP contribution in [0.15, 0.2) is 36.4 Å². The number of hydrogen-bond acceptors (Lipinski definition) is 10. The predicted octanol–water partition coefficient (Wildman–Crippen LogP) is 1.73. The molecule has 2 aromatic rings. The highest BCUT2D eigenvalue weighted by Gasteiger charge is 2.34. The van der Waals surface area contributed by atoms with Gasteiger partial charge in [0.25, 0.3) is 31.8 Å². The first kappa shape index (κ1) is 37.7. The summed E-state index contributed by atoms with van der Waals surface area (Å²) in [4.78, 5) is 19.1. The smallest absolute Gasteiger partial charge is 0.281 e.